The second kappa shape index (κ2) is 8.89. The maximum atomic E-state index is 11.9. The highest BCUT2D eigenvalue weighted by Gasteiger charge is 2.24. The van der Waals surface area contributed by atoms with Crippen LogP contribution in [0.5, 0.6) is 0 Å². The Hall–Kier alpha value is -2.12. The van der Waals surface area contributed by atoms with Crippen LogP contribution in [0.4, 0.5) is 0 Å². The van der Waals surface area contributed by atoms with E-state index in [9.17, 15) is 19.2 Å². The molecule has 0 bridgehead atoms. The largest absolute Gasteiger partial charge is 0.468 e. The number of esters is 1. The molecule has 3 N–H and O–H groups in total. The third-order valence-corrected chi connectivity index (χ3v) is 2.40. The first kappa shape index (κ1) is 17.9. The third kappa shape index (κ3) is 7.34. The predicted molar refractivity (Wildman–Crippen MR) is 70.5 cm³/mol. The summed E-state index contributed by atoms with van der Waals surface area (Å²) in [5.41, 5.74) is 0. The van der Waals surface area contributed by atoms with Crippen molar-refractivity contribution in [1.82, 2.24) is 16.0 Å². The van der Waals surface area contributed by atoms with E-state index in [1.807, 2.05) is 0 Å². The fourth-order valence-electron chi connectivity index (χ4n) is 1.31. The summed E-state index contributed by atoms with van der Waals surface area (Å²) >= 11 is 0. The molecule has 0 aromatic carbocycles. The summed E-state index contributed by atoms with van der Waals surface area (Å²) < 4.78 is 4.40. The van der Waals surface area contributed by atoms with Gasteiger partial charge in [-0.05, 0) is 5.92 Å². The topological polar surface area (TPSA) is 114 Å². The Kier molecular flexibility index (Phi) is 7.95. The number of hydrogen-bond acceptors (Lipinski definition) is 5. The molecule has 8 heteroatoms. The van der Waals surface area contributed by atoms with E-state index in [-0.39, 0.29) is 24.9 Å². The molecule has 0 aliphatic carbocycles. The minimum atomic E-state index is -0.791. The number of ether oxygens (including phenoxy) is 1. The summed E-state index contributed by atoms with van der Waals surface area (Å²) in [4.78, 5) is 45.0. The molecule has 0 heterocycles. The number of amides is 3. The SMILES string of the molecule is COC(=O)CNC(=O)C(NC(=O)CNC(C)=O)C(C)C. The van der Waals surface area contributed by atoms with Crippen LogP contribution < -0.4 is 16.0 Å². The lowest BCUT2D eigenvalue weighted by Crippen LogP contribution is -2.52. The monoisotopic (exact) mass is 287 g/mol. The van der Waals surface area contributed by atoms with Gasteiger partial charge < -0.3 is 20.7 Å². The average Bonchev–Trinajstić information content (AvgIpc) is 2.38. The maximum Gasteiger partial charge on any atom is 0.325 e. The van der Waals surface area contributed by atoms with Crippen LogP contribution in [-0.4, -0.2) is 49.9 Å². The quantitative estimate of drug-likeness (QED) is 0.496. The normalized spacial score (nSPS) is 11.4. The van der Waals surface area contributed by atoms with Crippen LogP contribution in [0.1, 0.15) is 20.8 Å². The molecule has 1 atom stereocenters. The van der Waals surface area contributed by atoms with Crippen molar-refractivity contribution < 1.29 is 23.9 Å². The Bertz CT molecular complexity index is 381. The van der Waals surface area contributed by atoms with E-state index >= 15 is 0 Å². The highest BCUT2D eigenvalue weighted by Crippen LogP contribution is 2.01. The van der Waals surface area contributed by atoms with Crippen molar-refractivity contribution in [2.24, 2.45) is 5.92 Å². The minimum Gasteiger partial charge on any atom is -0.468 e. The van der Waals surface area contributed by atoms with Gasteiger partial charge in [0.1, 0.15) is 12.6 Å². The second-order valence-electron chi connectivity index (χ2n) is 4.49. The summed E-state index contributed by atoms with van der Waals surface area (Å²) in [7, 11) is 1.21. The Morgan fingerprint density at radius 1 is 1.05 bits per heavy atom. The Labute approximate surface area is 117 Å². The lowest BCUT2D eigenvalue weighted by Gasteiger charge is -2.21. The highest BCUT2D eigenvalue weighted by atomic mass is 16.5. The highest BCUT2D eigenvalue weighted by molar-refractivity contribution is 5.91. The fraction of sp³-hybridized carbons (Fsp3) is 0.667. The Morgan fingerprint density at radius 2 is 1.65 bits per heavy atom. The zero-order valence-electron chi connectivity index (χ0n) is 12.1. The Morgan fingerprint density at radius 3 is 2.10 bits per heavy atom. The molecule has 20 heavy (non-hydrogen) atoms. The van der Waals surface area contributed by atoms with Gasteiger partial charge in [-0.25, -0.2) is 0 Å². The number of methoxy groups -OCH3 is 1. The van der Waals surface area contributed by atoms with Crippen molar-refractivity contribution >= 4 is 23.7 Å². The van der Waals surface area contributed by atoms with E-state index in [1.54, 1.807) is 13.8 Å². The molecule has 0 aliphatic rings. The third-order valence-electron chi connectivity index (χ3n) is 2.40. The van der Waals surface area contributed by atoms with Crippen molar-refractivity contribution in [3.8, 4) is 0 Å². The first-order valence-corrected chi connectivity index (χ1v) is 6.16. The number of nitrogens with one attached hydrogen (secondary N) is 3. The molecule has 0 radical (unpaired) electrons. The number of rotatable bonds is 7. The van der Waals surface area contributed by atoms with Crippen LogP contribution in [0, 0.1) is 5.92 Å². The molecule has 3 amide bonds. The van der Waals surface area contributed by atoms with Crippen molar-refractivity contribution in [2.45, 2.75) is 26.8 Å². The van der Waals surface area contributed by atoms with Gasteiger partial charge in [0, 0.05) is 6.92 Å². The van der Waals surface area contributed by atoms with Crippen molar-refractivity contribution in [3.63, 3.8) is 0 Å². The van der Waals surface area contributed by atoms with E-state index in [0.29, 0.717) is 0 Å². The van der Waals surface area contributed by atoms with Crippen LogP contribution in [0.3, 0.4) is 0 Å². The van der Waals surface area contributed by atoms with Crippen molar-refractivity contribution in [1.29, 1.82) is 0 Å². The van der Waals surface area contributed by atoms with Crippen LogP contribution in [0.25, 0.3) is 0 Å². The van der Waals surface area contributed by atoms with Gasteiger partial charge in [0.2, 0.25) is 17.7 Å². The maximum absolute atomic E-state index is 11.9. The van der Waals surface area contributed by atoms with E-state index in [1.165, 1.54) is 14.0 Å². The van der Waals surface area contributed by atoms with Gasteiger partial charge >= 0.3 is 5.97 Å². The second-order valence-corrected chi connectivity index (χ2v) is 4.49. The molecule has 8 nitrogen and oxygen atoms in total. The molecular formula is C12H21N3O5. The summed E-state index contributed by atoms with van der Waals surface area (Å²) in [6, 6.07) is -0.791. The van der Waals surface area contributed by atoms with Crippen LogP contribution in [0.15, 0.2) is 0 Å². The van der Waals surface area contributed by atoms with Gasteiger partial charge in [0.05, 0.1) is 13.7 Å². The zero-order valence-corrected chi connectivity index (χ0v) is 12.1. The van der Waals surface area contributed by atoms with E-state index in [0.717, 1.165) is 0 Å². The number of hydrogen-bond donors (Lipinski definition) is 3. The molecule has 0 saturated heterocycles. The van der Waals surface area contributed by atoms with Gasteiger partial charge in [-0.15, -0.1) is 0 Å². The van der Waals surface area contributed by atoms with Crippen molar-refractivity contribution in [3.05, 3.63) is 0 Å². The molecule has 0 aromatic heterocycles. The molecule has 114 valence electrons. The standard InChI is InChI=1S/C12H21N3O5/c1-7(2)11(12(19)14-6-10(18)20-4)15-9(17)5-13-8(3)16/h7,11H,5-6H2,1-4H3,(H,13,16)(H,14,19)(H,15,17). The predicted octanol–water partition coefficient (Wildman–Crippen LogP) is -1.45. The lowest BCUT2D eigenvalue weighted by molar-refractivity contribution is -0.141. The van der Waals surface area contributed by atoms with Crippen molar-refractivity contribution in [2.75, 3.05) is 20.2 Å². The van der Waals surface area contributed by atoms with E-state index in [2.05, 4.69) is 20.7 Å². The molecule has 0 aliphatic heterocycles. The summed E-state index contributed by atoms with van der Waals surface area (Å²) in [5.74, 6) is -2.05. The van der Waals surface area contributed by atoms with Crippen LogP contribution in [-0.2, 0) is 23.9 Å². The zero-order chi connectivity index (χ0) is 15.7. The van der Waals surface area contributed by atoms with Gasteiger partial charge in [0.25, 0.3) is 0 Å². The molecule has 0 rings (SSSR count). The Balaban J connectivity index is 4.41. The molecular weight excluding hydrogens is 266 g/mol. The summed E-state index contributed by atoms with van der Waals surface area (Å²) in [5, 5.41) is 7.20. The smallest absolute Gasteiger partial charge is 0.325 e. The number of carbonyl (C=O) groups excluding carboxylic acids is 4. The summed E-state index contributed by atoms with van der Waals surface area (Å²) in [6.45, 7) is 4.32. The fourth-order valence-corrected chi connectivity index (χ4v) is 1.31. The van der Waals surface area contributed by atoms with Crippen LogP contribution >= 0.6 is 0 Å². The lowest BCUT2D eigenvalue weighted by atomic mass is 10.0. The first-order valence-electron chi connectivity index (χ1n) is 6.16. The molecule has 0 aromatic rings. The van der Waals surface area contributed by atoms with Gasteiger partial charge in [0.15, 0.2) is 0 Å². The molecule has 0 spiro atoms. The number of carbonyl (C=O) groups is 4. The molecule has 1 unspecified atom stereocenters. The van der Waals surface area contributed by atoms with Gasteiger partial charge in [-0.3, -0.25) is 19.2 Å². The molecule has 0 saturated carbocycles. The van der Waals surface area contributed by atoms with Crippen LogP contribution in [0.2, 0.25) is 0 Å². The molecule has 0 fully saturated rings. The summed E-state index contributed by atoms with van der Waals surface area (Å²) in [6.07, 6.45) is 0. The minimum absolute atomic E-state index is 0.172. The van der Waals surface area contributed by atoms with E-state index in [4.69, 9.17) is 0 Å². The van der Waals surface area contributed by atoms with Gasteiger partial charge in [-0.1, -0.05) is 13.8 Å². The first-order chi connectivity index (χ1) is 9.27. The van der Waals surface area contributed by atoms with Gasteiger partial charge in [-0.2, -0.15) is 0 Å². The van der Waals surface area contributed by atoms with E-state index < -0.39 is 23.8 Å². The average molecular weight is 287 g/mol.